The molecule has 0 spiro atoms. The van der Waals surface area contributed by atoms with Crippen molar-refractivity contribution in [1.82, 2.24) is 10.3 Å². The van der Waals surface area contributed by atoms with Crippen LogP contribution in [0.2, 0.25) is 0 Å². The maximum Gasteiger partial charge on any atom is 0.0306 e. The summed E-state index contributed by atoms with van der Waals surface area (Å²) in [6, 6.07) is 4.25. The third-order valence-electron chi connectivity index (χ3n) is 3.30. The van der Waals surface area contributed by atoms with Crippen LogP contribution in [0.5, 0.6) is 0 Å². The lowest BCUT2D eigenvalue weighted by atomic mass is 9.65. The molecule has 1 fully saturated rings. The van der Waals surface area contributed by atoms with E-state index in [1.165, 1.54) is 24.8 Å². The summed E-state index contributed by atoms with van der Waals surface area (Å²) in [7, 11) is 0. The van der Waals surface area contributed by atoms with Gasteiger partial charge in [-0.3, -0.25) is 4.98 Å². The van der Waals surface area contributed by atoms with Gasteiger partial charge in [-0.05, 0) is 31.0 Å². The Morgan fingerprint density at radius 1 is 1.50 bits per heavy atom. The molecule has 0 radical (unpaired) electrons. The minimum absolute atomic E-state index is 0.393. The second-order valence-electron chi connectivity index (χ2n) is 4.16. The first kappa shape index (κ1) is 9.66. The van der Waals surface area contributed by atoms with Crippen molar-refractivity contribution in [3.05, 3.63) is 30.1 Å². The average molecular weight is 190 g/mol. The second-order valence-corrected chi connectivity index (χ2v) is 4.16. The van der Waals surface area contributed by atoms with Crippen LogP contribution in [-0.4, -0.2) is 18.1 Å². The van der Waals surface area contributed by atoms with Gasteiger partial charge in [0.2, 0.25) is 0 Å². The number of pyridine rings is 1. The van der Waals surface area contributed by atoms with Gasteiger partial charge in [0.1, 0.15) is 0 Å². The molecule has 76 valence electrons. The topological polar surface area (TPSA) is 24.9 Å². The molecule has 1 aromatic heterocycles. The van der Waals surface area contributed by atoms with E-state index in [0.29, 0.717) is 5.41 Å². The van der Waals surface area contributed by atoms with Crippen molar-refractivity contribution in [2.24, 2.45) is 0 Å². The van der Waals surface area contributed by atoms with Crippen LogP contribution >= 0.6 is 0 Å². The van der Waals surface area contributed by atoms with Crippen LogP contribution in [-0.2, 0) is 5.41 Å². The van der Waals surface area contributed by atoms with E-state index >= 15 is 0 Å². The summed E-state index contributed by atoms with van der Waals surface area (Å²) in [5, 5.41) is 3.46. The van der Waals surface area contributed by atoms with Crippen LogP contribution in [0.1, 0.15) is 31.7 Å². The molecule has 0 saturated heterocycles. The third-order valence-corrected chi connectivity index (χ3v) is 3.30. The quantitative estimate of drug-likeness (QED) is 0.786. The molecule has 1 aromatic rings. The fourth-order valence-electron chi connectivity index (χ4n) is 2.21. The van der Waals surface area contributed by atoms with Crippen molar-refractivity contribution in [3.63, 3.8) is 0 Å². The van der Waals surface area contributed by atoms with E-state index < -0.39 is 0 Å². The molecule has 0 aliphatic heterocycles. The predicted molar refractivity (Wildman–Crippen MR) is 58.3 cm³/mol. The number of rotatable bonds is 4. The predicted octanol–water partition coefficient (Wildman–Crippen LogP) is 2.11. The summed E-state index contributed by atoms with van der Waals surface area (Å²) >= 11 is 0. The fraction of sp³-hybridized carbons (Fsp3) is 0.583. The number of likely N-dealkylation sites (N-methyl/N-ethyl adjacent to an activating group) is 1. The van der Waals surface area contributed by atoms with Crippen molar-refractivity contribution in [3.8, 4) is 0 Å². The lowest BCUT2D eigenvalue weighted by Crippen LogP contribution is -2.43. The Balaban J connectivity index is 2.12. The zero-order valence-corrected chi connectivity index (χ0v) is 8.79. The van der Waals surface area contributed by atoms with Crippen molar-refractivity contribution >= 4 is 0 Å². The Labute approximate surface area is 85.7 Å². The molecule has 1 aliphatic carbocycles. The monoisotopic (exact) mass is 190 g/mol. The summed E-state index contributed by atoms with van der Waals surface area (Å²) in [5.41, 5.74) is 1.80. The Bertz CT molecular complexity index is 278. The number of hydrogen-bond acceptors (Lipinski definition) is 2. The van der Waals surface area contributed by atoms with Crippen molar-refractivity contribution in [2.75, 3.05) is 13.1 Å². The normalized spacial score (nSPS) is 18.9. The molecule has 14 heavy (non-hydrogen) atoms. The highest BCUT2D eigenvalue weighted by atomic mass is 14.9. The molecule has 2 heteroatoms. The van der Waals surface area contributed by atoms with Gasteiger partial charge in [0, 0.05) is 24.4 Å². The van der Waals surface area contributed by atoms with E-state index in [1.54, 1.807) is 0 Å². The molecule has 1 N–H and O–H groups in total. The van der Waals surface area contributed by atoms with Crippen LogP contribution in [0.4, 0.5) is 0 Å². The molecule has 1 aliphatic rings. The molecule has 0 bridgehead atoms. The van der Waals surface area contributed by atoms with E-state index in [4.69, 9.17) is 0 Å². The van der Waals surface area contributed by atoms with E-state index in [1.807, 2.05) is 18.5 Å². The summed E-state index contributed by atoms with van der Waals surface area (Å²) < 4.78 is 0. The molecule has 2 nitrogen and oxygen atoms in total. The van der Waals surface area contributed by atoms with Crippen molar-refractivity contribution in [2.45, 2.75) is 31.6 Å². The average Bonchev–Trinajstić information content (AvgIpc) is 2.18. The Morgan fingerprint density at radius 3 is 2.86 bits per heavy atom. The molecule has 0 unspecified atom stereocenters. The standard InChI is InChI=1S/C12H18N2/c1-2-13-10-12(6-4-7-12)11-5-3-8-14-9-11/h3,5,8-9,13H,2,4,6-7,10H2,1H3. The highest BCUT2D eigenvalue weighted by Gasteiger charge is 2.38. The van der Waals surface area contributed by atoms with Crippen LogP contribution in [0.15, 0.2) is 24.5 Å². The number of hydrogen-bond donors (Lipinski definition) is 1. The minimum atomic E-state index is 0.393. The van der Waals surface area contributed by atoms with Gasteiger partial charge in [0.25, 0.3) is 0 Å². The fourth-order valence-corrected chi connectivity index (χ4v) is 2.21. The first-order chi connectivity index (χ1) is 6.87. The van der Waals surface area contributed by atoms with E-state index in [2.05, 4.69) is 23.3 Å². The summed E-state index contributed by atoms with van der Waals surface area (Å²) in [6.45, 7) is 4.33. The SMILES string of the molecule is CCNCC1(c2cccnc2)CCC1. The van der Waals surface area contributed by atoms with Crippen LogP contribution in [0.3, 0.4) is 0 Å². The number of nitrogens with one attached hydrogen (secondary N) is 1. The first-order valence-corrected chi connectivity index (χ1v) is 5.49. The zero-order valence-electron chi connectivity index (χ0n) is 8.79. The van der Waals surface area contributed by atoms with Gasteiger partial charge in [-0.1, -0.05) is 19.4 Å². The lowest BCUT2D eigenvalue weighted by Gasteiger charge is -2.42. The van der Waals surface area contributed by atoms with E-state index in [0.717, 1.165) is 13.1 Å². The Morgan fingerprint density at radius 2 is 2.36 bits per heavy atom. The third kappa shape index (κ3) is 1.67. The number of aromatic nitrogens is 1. The van der Waals surface area contributed by atoms with Crippen LogP contribution in [0.25, 0.3) is 0 Å². The van der Waals surface area contributed by atoms with Gasteiger partial charge in [0.15, 0.2) is 0 Å². The smallest absolute Gasteiger partial charge is 0.0306 e. The van der Waals surface area contributed by atoms with Gasteiger partial charge in [0.05, 0.1) is 0 Å². The molecular weight excluding hydrogens is 172 g/mol. The van der Waals surface area contributed by atoms with Gasteiger partial charge in [-0.15, -0.1) is 0 Å². The molecule has 0 aromatic carbocycles. The van der Waals surface area contributed by atoms with E-state index in [-0.39, 0.29) is 0 Å². The van der Waals surface area contributed by atoms with Crippen molar-refractivity contribution < 1.29 is 0 Å². The molecule has 0 atom stereocenters. The molecule has 1 saturated carbocycles. The maximum atomic E-state index is 4.21. The Hall–Kier alpha value is -0.890. The second kappa shape index (κ2) is 4.09. The van der Waals surface area contributed by atoms with Gasteiger partial charge >= 0.3 is 0 Å². The largest absolute Gasteiger partial charge is 0.316 e. The first-order valence-electron chi connectivity index (χ1n) is 5.49. The van der Waals surface area contributed by atoms with Crippen LogP contribution < -0.4 is 5.32 Å². The maximum absolute atomic E-state index is 4.21. The summed E-state index contributed by atoms with van der Waals surface area (Å²) in [6.07, 6.45) is 7.86. The summed E-state index contributed by atoms with van der Waals surface area (Å²) in [4.78, 5) is 4.21. The van der Waals surface area contributed by atoms with Gasteiger partial charge in [-0.25, -0.2) is 0 Å². The van der Waals surface area contributed by atoms with Crippen molar-refractivity contribution in [1.29, 1.82) is 0 Å². The lowest BCUT2D eigenvalue weighted by molar-refractivity contribution is 0.235. The van der Waals surface area contributed by atoms with Gasteiger partial charge < -0.3 is 5.32 Å². The molecule has 2 rings (SSSR count). The molecular formula is C12H18N2. The van der Waals surface area contributed by atoms with Crippen LogP contribution in [0, 0.1) is 0 Å². The highest BCUT2D eigenvalue weighted by Crippen LogP contribution is 2.42. The Kier molecular flexibility index (Phi) is 2.82. The molecule has 1 heterocycles. The minimum Gasteiger partial charge on any atom is -0.316 e. The highest BCUT2D eigenvalue weighted by molar-refractivity contribution is 5.25. The van der Waals surface area contributed by atoms with Gasteiger partial charge in [-0.2, -0.15) is 0 Å². The van der Waals surface area contributed by atoms with E-state index in [9.17, 15) is 0 Å². The number of nitrogens with zero attached hydrogens (tertiary/aromatic N) is 1. The zero-order chi connectivity index (χ0) is 9.86. The summed E-state index contributed by atoms with van der Waals surface area (Å²) in [5.74, 6) is 0. The molecule has 0 amide bonds.